The van der Waals surface area contributed by atoms with Gasteiger partial charge in [-0.25, -0.2) is 0 Å². The summed E-state index contributed by atoms with van der Waals surface area (Å²) in [6, 6.07) is 19.6. The van der Waals surface area contributed by atoms with Gasteiger partial charge in [-0.1, -0.05) is 81.1 Å². The Hall–Kier alpha value is -0.433. The molecule has 0 amide bonds. The van der Waals surface area contributed by atoms with Crippen LogP contribution in [0.15, 0.2) is 69.6 Å². The highest BCUT2D eigenvalue weighted by Crippen LogP contribution is 2.45. The maximum absolute atomic E-state index is 7.74. The minimum absolute atomic E-state index is 0.562. The second-order valence-electron chi connectivity index (χ2n) is 8.42. The Morgan fingerprint density at radius 1 is 0.867 bits per heavy atom. The molecule has 2 aliphatic rings. The molecule has 2 nitrogen and oxygen atoms in total. The van der Waals surface area contributed by atoms with Crippen molar-refractivity contribution in [1.29, 1.82) is 0 Å². The SMILES string of the molecule is C/C=C/C[Si]1(Cl)N(Cc2ccc(Br)cc2)C2CCCCC2N1Cc1ccc(Br)cc1. The van der Waals surface area contributed by atoms with E-state index in [1.54, 1.807) is 0 Å². The summed E-state index contributed by atoms with van der Waals surface area (Å²) in [6.07, 6.45) is 9.60. The summed E-state index contributed by atoms with van der Waals surface area (Å²) in [7, 11) is -2.36. The third-order valence-corrected chi connectivity index (χ3v) is 12.8. The first-order valence-electron chi connectivity index (χ1n) is 10.8. The highest BCUT2D eigenvalue weighted by molar-refractivity contribution is 9.10. The summed E-state index contributed by atoms with van der Waals surface area (Å²) in [6.45, 7) is 3.99. The van der Waals surface area contributed by atoms with Gasteiger partial charge in [0.25, 0.3) is 0 Å². The molecule has 4 rings (SSSR count). The van der Waals surface area contributed by atoms with Crippen LogP contribution in [0.25, 0.3) is 0 Å². The lowest BCUT2D eigenvalue weighted by Crippen LogP contribution is -2.55. The molecule has 1 saturated heterocycles. The molecule has 30 heavy (non-hydrogen) atoms. The van der Waals surface area contributed by atoms with Gasteiger partial charge >= 0.3 is 7.71 Å². The first-order valence-corrected chi connectivity index (χ1v) is 15.5. The van der Waals surface area contributed by atoms with Crippen LogP contribution in [0.3, 0.4) is 0 Å². The highest BCUT2D eigenvalue weighted by atomic mass is 79.9. The van der Waals surface area contributed by atoms with Crippen molar-refractivity contribution in [3.05, 3.63) is 80.8 Å². The van der Waals surface area contributed by atoms with Crippen LogP contribution in [0, 0.1) is 0 Å². The monoisotopic (exact) mass is 566 g/mol. The fourth-order valence-corrected chi connectivity index (χ4v) is 10.8. The number of rotatable bonds is 6. The summed E-state index contributed by atoms with van der Waals surface area (Å²) >= 11 is 14.9. The van der Waals surface area contributed by atoms with Crippen LogP contribution in [-0.2, 0) is 13.1 Å². The van der Waals surface area contributed by atoms with E-state index >= 15 is 0 Å². The predicted octanol–water partition coefficient (Wildman–Crippen LogP) is 7.59. The molecule has 2 fully saturated rings. The maximum atomic E-state index is 7.74. The van der Waals surface area contributed by atoms with Crippen molar-refractivity contribution >= 4 is 50.6 Å². The molecule has 2 unspecified atom stereocenters. The zero-order valence-corrected chi connectivity index (χ0v) is 22.3. The van der Waals surface area contributed by atoms with Crippen LogP contribution in [0.2, 0.25) is 6.04 Å². The third-order valence-electron chi connectivity index (χ3n) is 6.52. The number of nitrogens with zero attached hydrogens (tertiary/aromatic N) is 2. The van der Waals surface area contributed by atoms with E-state index in [4.69, 9.17) is 11.1 Å². The number of hydrogen-bond acceptors (Lipinski definition) is 2. The molecule has 0 radical (unpaired) electrons. The van der Waals surface area contributed by atoms with E-state index < -0.39 is 7.71 Å². The first kappa shape index (κ1) is 22.7. The van der Waals surface area contributed by atoms with Gasteiger partial charge in [0.1, 0.15) is 0 Å². The van der Waals surface area contributed by atoms with Crippen LogP contribution in [0.5, 0.6) is 0 Å². The quantitative estimate of drug-likeness (QED) is 0.201. The summed E-state index contributed by atoms with van der Waals surface area (Å²) < 4.78 is 7.70. The van der Waals surface area contributed by atoms with E-state index in [1.165, 1.54) is 36.8 Å². The lowest BCUT2D eigenvalue weighted by molar-refractivity contribution is 0.197. The number of hydrogen-bond donors (Lipinski definition) is 0. The molecular formula is C24H29Br2ClN2Si. The smallest absolute Gasteiger partial charge is 0.291 e. The molecule has 160 valence electrons. The molecule has 0 N–H and O–H groups in total. The fourth-order valence-electron chi connectivity index (χ4n) is 5.04. The number of fused-ring (bicyclic) bond motifs is 1. The minimum atomic E-state index is -2.36. The van der Waals surface area contributed by atoms with E-state index in [2.05, 4.69) is 109 Å². The average molecular weight is 569 g/mol. The van der Waals surface area contributed by atoms with Gasteiger partial charge in [-0.3, -0.25) is 9.13 Å². The number of allylic oxidation sites excluding steroid dienone is 2. The van der Waals surface area contributed by atoms with Gasteiger partial charge in [-0.15, -0.1) is 11.1 Å². The van der Waals surface area contributed by atoms with Crippen LogP contribution in [-0.4, -0.2) is 28.9 Å². The zero-order valence-electron chi connectivity index (χ0n) is 17.4. The van der Waals surface area contributed by atoms with Gasteiger partial charge in [0.05, 0.1) is 0 Å². The van der Waals surface area contributed by atoms with E-state index in [0.29, 0.717) is 12.1 Å². The van der Waals surface area contributed by atoms with Crippen molar-refractivity contribution in [1.82, 2.24) is 9.13 Å². The van der Waals surface area contributed by atoms with E-state index in [9.17, 15) is 0 Å². The molecular weight excluding hydrogens is 540 g/mol. The van der Waals surface area contributed by atoms with Crippen LogP contribution in [0.4, 0.5) is 0 Å². The Bertz CT molecular complexity index is 808. The molecule has 0 spiro atoms. The lowest BCUT2D eigenvalue weighted by Gasteiger charge is -2.37. The summed E-state index contributed by atoms with van der Waals surface area (Å²) in [5, 5.41) is 0. The summed E-state index contributed by atoms with van der Waals surface area (Å²) in [4.78, 5) is 0. The Labute approximate surface area is 203 Å². The van der Waals surface area contributed by atoms with Crippen LogP contribution < -0.4 is 0 Å². The third kappa shape index (κ3) is 4.82. The normalized spacial score (nSPS) is 27.6. The maximum Gasteiger partial charge on any atom is 0.312 e. The molecule has 2 aromatic rings. The minimum Gasteiger partial charge on any atom is -0.291 e. The van der Waals surface area contributed by atoms with E-state index in [1.807, 2.05) is 0 Å². The molecule has 1 heterocycles. The topological polar surface area (TPSA) is 6.48 Å². The van der Waals surface area contributed by atoms with Crippen molar-refractivity contribution in [2.75, 3.05) is 0 Å². The van der Waals surface area contributed by atoms with Crippen molar-refractivity contribution < 1.29 is 0 Å². The lowest BCUT2D eigenvalue weighted by atomic mass is 9.90. The summed E-state index contributed by atoms with van der Waals surface area (Å²) in [5.41, 5.74) is 2.71. The fraction of sp³-hybridized carbons (Fsp3) is 0.417. The Kier molecular flexibility index (Phi) is 7.59. The van der Waals surface area contributed by atoms with Crippen molar-refractivity contribution in [2.45, 2.75) is 63.8 Å². The van der Waals surface area contributed by atoms with Crippen molar-refractivity contribution in [3.8, 4) is 0 Å². The van der Waals surface area contributed by atoms with Gasteiger partial charge in [0, 0.05) is 40.2 Å². The standard InChI is InChI=1S/C24H29Br2ClN2Si/c1-2-3-16-30(27)28(17-19-8-12-21(25)13-9-19)23-6-4-5-7-24(23)29(30)18-20-10-14-22(26)15-11-20/h2-3,8-15,23-24H,4-7,16-18H2,1H3/b3-2+. The highest BCUT2D eigenvalue weighted by Gasteiger charge is 2.58. The number of benzene rings is 2. The largest absolute Gasteiger partial charge is 0.312 e. The molecule has 0 bridgehead atoms. The number of halogens is 3. The predicted molar refractivity (Wildman–Crippen MR) is 137 cm³/mol. The molecule has 6 heteroatoms. The van der Waals surface area contributed by atoms with Gasteiger partial charge in [0.2, 0.25) is 0 Å². The summed E-state index contributed by atoms with van der Waals surface area (Å²) in [5.74, 6) is 0. The van der Waals surface area contributed by atoms with Gasteiger partial charge in [0.15, 0.2) is 0 Å². The van der Waals surface area contributed by atoms with Crippen molar-refractivity contribution in [3.63, 3.8) is 0 Å². The molecule has 1 aliphatic heterocycles. The van der Waals surface area contributed by atoms with E-state index in [-0.39, 0.29) is 0 Å². The van der Waals surface area contributed by atoms with Crippen LogP contribution >= 0.6 is 42.9 Å². The van der Waals surface area contributed by atoms with Crippen molar-refractivity contribution in [2.24, 2.45) is 0 Å². The van der Waals surface area contributed by atoms with Gasteiger partial charge < -0.3 is 0 Å². The molecule has 2 atom stereocenters. The van der Waals surface area contributed by atoms with E-state index in [0.717, 1.165) is 28.1 Å². The average Bonchev–Trinajstić information content (AvgIpc) is 2.98. The Balaban J connectivity index is 1.69. The second kappa shape index (κ2) is 10.0. The molecule has 0 aromatic heterocycles. The molecule has 1 aliphatic carbocycles. The Morgan fingerprint density at radius 3 is 1.70 bits per heavy atom. The molecule has 1 saturated carbocycles. The second-order valence-corrected chi connectivity index (χ2v) is 15.1. The van der Waals surface area contributed by atoms with Gasteiger partial charge in [-0.05, 0) is 55.2 Å². The zero-order chi connectivity index (χ0) is 21.1. The Morgan fingerprint density at radius 2 is 1.30 bits per heavy atom. The first-order chi connectivity index (χ1) is 14.5. The van der Waals surface area contributed by atoms with Gasteiger partial charge in [-0.2, -0.15) is 0 Å². The van der Waals surface area contributed by atoms with Crippen LogP contribution in [0.1, 0.15) is 43.7 Å². The molecule has 2 aromatic carbocycles.